The summed E-state index contributed by atoms with van der Waals surface area (Å²) in [5, 5.41) is -1.09. The van der Waals surface area contributed by atoms with Crippen LogP contribution in [-0.2, 0) is 29.4 Å². The van der Waals surface area contributed by atoms with Crippen molar-refractivity contribution >= 4 is 23.5 Å². The van der Waals surface area contributed by atoms with Gasteiger partial charge in [-0.05, 0) is 12.8 Å². The molecule has 9 heteroatoms. The van der Waals surface area contributed by atoms with E-state index in [1.807, 2.05) is 0 Å². The minimum atomic E-state index is -5.15. The molecular formula is C18H22ClF3O5. The lowest BCUT2D eigenvalue weighted by Crippen LogP contribution is -2.54. The first-order valence-corrected chi connectivity index (χ1v) is 8.65. The maximum atomic E-state index is 13.9. The van der Waals surface area contributed by atoms with E-state index in [1.54, 1.807) is 13.8 Å². The van der Waals surface area contributed by atoms with Gasteiger partial charge in [-0.2, -0.15) is 13.2 Å². The fourth-order valence-corrected chi connectivity index (χ4v) is 2.56. The third-order valence-electron chi connectivity index (χ3n) is 3.85. The van der Waals surface area contributed by atoms with Crippen molar-refractivity contribution in [1.29, 1.82) is 0 Å². The van der Waals surface area contributed by atoms with E-state index in [1.165, 1.54) is 25.1 Å². The molecule has 0 fully saturated rings. The fraction of sp³-hybridized carbons (Fsp3) is 0.556. The van der Waals surface area contributed by atoms with E-state index >= 15 is 0 Å². The van der Waals surface area contributed by atoms with E-state index in [-0.39, 0.29) is 12.5 Å². The number of carbonyl (C=O) groups is 2. The lowest BCUT2D eigenvalue weighted by Gasteiger charge is -2.34. The van der Waals surface area contributed by atoms with Gasteiger partial charge in [0, 0.05) is 12.7 Å². The Hall–Kier alpha value is -1.80. The van der Waals surface area contributed by atoms with Gasteiger partial charge in [-0.15, -0.1) is 11.6 Å². The first-order chi connectivity index (χ1) is 12.5. The second-order valence-corrected chi connectivity index (χ2v) is 6.52. The van der Waals surface area contributed by atoms with E-state index in [0.717, 1.165) is 19.2 Å². The van der Waals surface area contributed by atoms with Crippen LogP contribution in [0, 0.1) is 5.92 Å². The highest BCUT2D eigenvalue weighted by molar-refractivity contribution is 6.22. The van der Waals surface area contributed by atoms with Crippen LogP contribution in [0.1, 0.15) is 26.3 Å². The Morgan fingerprint density at radius 2 is 1.70 bits per heavy atom. The summed E-state index contributed by atoms with van der Waals surface area (Å²) >= 11 is 6.11. The summed E-state index contributed by atoms with van der Waals surface area (Å²) < 4.78 is 56.1. The molecule has 0 spiro atoms. The van der Waals surface area contributed by atoms with Gasteiger partial charge in [-0.25, -0.2) is 9.59 Å². The van der Waals surface area contributed by atoms with Crippen LogP contribution < -0.4 is 0 Å². The van der Waals surface area contributed by atoms with Crippen LogP contribution >= 0.6 is 11.6 Å². The normalized spacial score (nSPS) is 16.3. The van der Waals surface area contributed by atoms with Crippen LogP contribution in [0.2, 0.25) is 0 Å². The van der Waals surface area contributed by atoms with E-state index < -0.39 is 40.8 Å². The standard InChI is InChI=1S/C18H22ClF3O5/c1-5-26-15(23)14(13(19)11(2)3)27-16(24)17(25-4,18(20,21)22)12-9-7-6-8-10-12/h6-11,13-14H,5H2,1-4H3/t13-,14-,17?/m1/s1. The quantitative estimate of drug-likeness (QED) is 0.481. The zero-order valence-corrected chi connectivity index (χ0v) is 16.1. The van der Waals surface area contributed by atoms with E-state index in [4.69, 9.17) is 21.1 Å². The second-order valence-electron chi connectivity index (χ2n) is 6.02. The molecule has 0 aliphatic heterocycles. The molecule has 0 saturated carbocycles. The van der Waals surface area contributed by atoms with Gasteiger partial charge in [0.05, 0.1) is 12.0 Å². The van der Waals surface area contributed by atoms with Crippen LogP contribution in [0.5, 0.6) is 0 Å². The lowest BCUT2D eigenvalue weighted by molar-refractivity contribution is -0.278. The average molecular weight is 411 g/mol. The molecule has 0 aliphatic rings. The Labute approximate surface area is 160 Å². The topological polar surface area (TPSA) is 61.8 Å². The van der Waals surface area contributed by atoms with E-state index in [9.17, 15) is 22.8 Å². The monoisotopic (exact) mass is 410 g/mol. The number of rotatable bonds is 8. The van der Waals surface area contributed by atoms with Crippen molar-refractivity contribution in [3.8, 4) is 0 Å². The highest BCUT2D eigenvalue weighted by atomic mass is 35.5. The smallest absolute Gasteiger partial charge is 0.432 e. The lowest BCUT2D eigenvalue weighted by atomic mass is 9.92. The molecular weight excluding hydrogens is 389 g/mol. The number of esters is 2. The highest BCUT2D eigenvalue weighted by Crippen LogP contribution is 2.43. The number of halogens is 4. The third-order valence-corrected chi connectivity index (χ3v) is 4.58. The summed E-state index contributed by atoms with van der Waals surface area (Å²) in [6, 6.07) is 6.30. The molecule has 0 amide bonds. The van der Waals surface area contributed by atoms with Gasteiger partial charge in [0.15, 0.2) is 0 Å². The molecule has 0 radical (unpaired) electrons. The van der Waals surface area contributed by atoms with Crippen LogP contribution in [-0.4, -0.2) is 43.3 Å². The first-order valence-electron chi connectivity index (χ1n) is 8.22. The van der Waals surface area contributed by atoms with Crippen molar-refractivity contribution in [3.63, 3.8) is 0 Å². The number of hydrogen-bond acceptors (Lipinski definition) is 5. The van der Waals surface area contributed by atoms with Crippen molar-refractivity contribution < 1.29 is 37.0 Å². The molecule has 0 aliphatic carbocycles. The molecule has 0 bridgehead atoms. The molecule has 152 valence electrons. The zero-order chi connectivity index (χ0) is 20.8. The predicted octanol–water partition coefficient (Wildman–Crippen LogP) is 3.83. The molecule has 1 unspecified atom stereocenters. The maximum absolute atomic E-state index is 13.9. The van der Waals surface area contributed by atoms with Crippen molar-refractivity contribution in [1.82, 2.24) is 0 Å². The van der Waals surface area contributed by atoms with Gasteiger partial charge in [-0.3, -0.25) is 0 Å². The Bertz CT molecular complexity index is 636. The van der Waals surface area contributed by atoms with Crippen LogP contribution in [0.25, 0.3) is 0 Å². The van der Waals surface area contributed by atoms with Gasteiger partial charge in [0.1, 0.15) is 0 Å². The van der Waals surface area contributed by atoms with Crippen molar-refractivity contribution in [2.45, 2.75) is 44.0 Å². The summed E-state index contributed by atoms with van der Waals surface area (Å²) in [7, 11) is 0.738. The Morgan fingerprint density at radius 3 is 2.11 bits per heavy atom. The average Bonchev–Trinajstić information content (AvgIpc) is 2.60. The molecule has 0 aromatic heterocycles. The SMILES string of the molecule is CCOC(=O)[C@H](OC(=O)C(OC)(c1ccccc1)C(F)(F)F)[C@H](Cl)C(C)C. The number of hydrogen-bond donors (Lipinski definition) is 0. The molecule has 3 atom stereocenters. The number of alkyl halides is 4. The molecule has 1 aromatic carbocycles. The summed E-state index contributed by atoms with van der Waals surface area (Å²) in [5.41, 5.74) is -3.89. The number of ether oxygens (including phenoxy) is 3. The summed E-state index contributed by atoms with van der Waals surface area (Å²) in [4.78, 5) is 24.8. The Balaban J connectivity index is 3.38. The third kappa shape index (κ3) is 4.93. The molecule has 1 aromatic rings. The van der Waals surface area contributed by atoms with E-state index in [0.29, 0.717) is 0 Å². The molecule has 0 N–H and O–H groups in total. The fourth-order valence-electron chi connectivity index (χ4n) is 2.40. The van der Waals surface area contributed by atoms with Crippen molar-refractivity contribution in [2.24, 2.45) is 5.92 Å². The number of benzene rings is 1. The molecule has 0 heterocycles. The summed E-state index contributed by atoms with van der Waals surface area (Å²) in [6.45, 7) is 4.71. The molecule has 0 saturated heterocycles. The highest BCUT2D eigenvalue weighted by Gasteiger charge is 2.64. The van der Waals surface area contributed by atoms with Gasteiger partial charge in [0.25, 0.3) is 5.60 Å². The van der Waals surface area contributed by atoms with Gasteiger partial charge in [0.2, 0.25) is 6.10 Å². The predicted molar refractivity (Wildman–Crippen MR) is 92.2 cm³/mol. The summed E-state index contributed by atoms with van der Waals surface area (Å²) in [5.74, 6) is -3.21. The largest absolute Gasteiger partial charge is 0.463 e. The first kappa shape index (κ1) is 23.2. The maximum Gasteiger partial charge on any atom is 0.432 e. The van der Waals surface area contributed by atoms with Gasteiger partial charge < -0.3 is 14.2 Å². The second kappa shape index (κ2) is 9.41. The molecule has 1 rings (SSSR count). The Morgan fingerprint density at radius 1 is 1.15 bits per heavy atom. The minimum Gasteiger partial charge on any atom is -0.463 e. The van der Waals surface area contributed by atoms with Crippen LogP contribution in [0.15, 0.2) is 30.3 Å². The van der Waals surface area contributed by atoms with Gasteiger partial charge in [-0.1, -0.05) is 44.2 Å². The minimum absolute atomic E-state index is 0.0536. The number of methoxy groups -OCH3 is 1. The Kier molecular flexibility index (Phi) is 8.10. The molecule has 27 heavy (non-hydrogen) atoms. The molecule has 5 nitrogen and oxygen atoms in total. The van der Waals surface area contributed by atoms with Crippen molar-refractivity contribution in [3.05, 3.63) is 35.9 Å². The van der Waals surface area contributed by atoms with E-state index in [2.05, 4.69) is 4.74 Å². The van der Waals surface area contributed by atoms with Crippen molar-refractivity contribution in [2.75, 3.05) is 13.7 Å². The summed E-state index contributed by atoms with van der Waals surface area (Å²) in [6.07, 6.45) is -6.88. The number of carbonyl (C=O) groups excluding carboxylic acids is 2. The van der Waals surface area contributed by atoms with Crippen LogP contribution in [0.4, 0.5) is 13.2 Å². The zero-order valence-electron chi connectivity index (χ0n) is 15.4. The van der Waals surface area contributed by atoms with Gasteiger partial charge >= 0.3 is 18.1 Å². The van der Waals surface area contributed by atoms with Crippen LogP contribution in [0.3, 0.4) is 0 Å².